The summed E-state index contributed by atoms with van der Waals surface area (Å²) >= 11 is 0. The zero-order chi connectivity index (χ0) is 11.6. The van der Waals surface area contributed by atoms with Crippen LogP contribution in [0.2, 0.25) is 0 Å². The highest BCUT2D eigenvalue weighted by Crippen LogP contribution is 2.50. The van der Waals surface area contributed by atoms with E-state index in [9.17, 15) is 0 Å². The Kier molecular flexibility index (Phi) is 4.26. The Labute approximate surface area is 96.8 Å². The summed E-state index contributed by atoms with van der Waals surface area (Å²) < 4.78 is 0. The molecule has 0 spiro atoms. The molecule has 0 aromatic rings. The molecule has 0 aliphatic heterocycles. The van der Waals surface area contributed by atoms with Gasteiger partial charge in [0.1, 0.15) is 0 Å². The van der Waals surface area contributed by atoms with Crippen molar-refractivity contribution < 1.29 is 0 Å². The van der Waals surface area contributed by atoms with Crippen LogP contribution in [-0.2, 0) is 0 Å². The van der Waals surface area contributed by atoms with Crippen LogP contribution >= 0.6 is 0 Å². The van der Waals surface area contributed by atoms with Crippen LogP contribution in [0.1, 0.15) is 67.2 Å². The maximum atomic E-state index is 2.43. The lowest BCUT2D eigenvalue weighted by molar-refractivity contribution is 0.0293. The molecule has 1 aliphatic rings. The van der Waals surface area contributed by atoms with E-state index < -0.39 is 0 Å². The van der Waals surface area contributed by atoms with E-state index in [-0.39, 0.29) is 0 Å². The van der Waals surface area contributed by atoms with Gasteiger partial charge in [0.2, 0.25) is 0 Å². The summed E-state index contributed by atoms with van der Waals surface area (Å²) in [6, 6.07) is 0. The van der Waals surface area contributed by atoms with Crippen LogP contribution < -0.4 is 0 Å². The molecule has 0 radical (unpaired) electrons. The van der Waals surface area contributed by atoms with Gasteiger partial charge in [-0.3, -0.25) is 0 Å². The van der Waals surface area contributed by atoms with Crippen LogP contribution in [-0.4, -0.2) is 0 Å². The lowest BCUT2D eigenvalue weighted by Crippen LogP contribution is -2.38. The summed E-state index contributed by atoms with van der Waals surface area (Å²) in [5, 5.41) is 0. The average molecular weight is 210 g/mol. The molecule has 1 saturated carbocycles. The maximum Gasteiger partial charge on any atom is -0.0251 e. The van der Waals surface area contributed by atoms with Gasteiger partial charge in [-0.1, -0.05) is 41.5 Å². The third-order valence-corrected chi connectivity index (χ3v) is 5.20. The molecule has 0 bridgehead atoms. The third kappa shape index (κ3) is 2.57. The molecule has 0 heterocycles. The normalized spacial score (nSPS) is 23.0. The molecule has 15 heavy (non-hydrogen) atoms. The molecule has 0 aromatic heterocycles. The van der Waals surface area contributed by atoms with Crippen molar-refractivity contribution in [2.24, 2.45) is 29.1 Å². The molecular formula is C15H30. The first-order valence-corrected chi connectivity index (χ1v) is 6.90. The molecule has 0 aromatic carbocycles. The molecule has 1 fully saturated rings. The smallest absolute Gasteiger partial charge is 0.0251 e. The Morgan fingerprint density at radius 2 is 1.20 bits per heavy atom. The highest BCUT2D eigenvalue weighted by molar-refractivity contribution is 4.90. The van der Waals surface area contributed by atoms with E-state index in [1.807, 2.05) is 0 Å². The van der Waals surface area contributed by atoms with Crippen molar-refractivity contribution in [1.29, 1.82) is 0 Å². The van der Waals surface area contributed by atoms with Gasteiger partial charge in [-0.05, 0) is 54.8 Å². The van der Waals surface area contributed by atoms with E-state index in [0.717, 1.165) is 23.7 Å². The molecular weight excluding hydrogens is 180 g/mol. The Morgan fingerprint density at radius 3 is 1.47 bits per heavy atom. The van der Waals surface area contributed by atoms with Gasteiger partial charge in [0.15, 0.2) is 0 Å². The summed E-state index contributed by atoms with van der Waals surface area (Å²) in [5.74, 6) is 3.59. The van der Waals surface area contributed by atoms with Gasteiger partial charge in [0.25, 0.3) is 0 Å². The molecule has 0 amide bonds. The third-order valence-electron chi connectivity index (χ3n) is 5.20. The Morgan fingerprint density at radius 1 is 0.800 bits per heavy atom. The van der Waals surface area contributed by atoms with Crippen molar-refractivity contribution in [2.45, 2.75) is 67.2 Å². The van der Waals surface area contributed by atoms with Crippen LogP contribution in [0.3, 0.4) is 0 Å². The van der Waals surface area contributed by atoms with E-state index in [1.165, 1.54) is 25.7 Å². The van der Waals surface area contributed by atoms with Gasteiger partial charge in [0, 0.05) is 0 Å². The fraction of sp³-hybridized carbons (Fsp3) is 1.00. The quantitative estimate of drug-likeness (QED) is 0.605. The second kappa shape index (κ2) is 4.89. The fourth-order valence-corrected chi connectivity index (χ4v) is 3.67. The number of hydrogen-bond donors (Lipinski definition) is 0. The van der Waals surface area contributed by atoms with Gasteiger partial charge >= 0.3 is 0 Å². The largest absolute Gasteiger partial charge is 0.0625 e. The zero-order valence-electron chi connectivity index (χ0n) is 11.6. The van der Waals surface area contributed by atoms with Crippen LogP contribution in [0.5, 0.6) is 0 Å². The molecule has 0 saturated heterocycles. The maximum absolute atomic E-state index is 2.43. The second-order valence-corrected chi connectivity index (χ2v) is 6.62. The summed E-state index contributed by atoms with van der Waals surface area (Å²) in [7, 11) is 0. The number of hydrogen-bond acceptors (Lipinski definition) is 0. The minimum absolute atomic E-state index is 0.644. The minimum Gasteiger partial charge on any atom is -0.0625 e. The summed E-state index contributed by atoms with van der Waals surface area (Å²) in [6.45, 7) is 14.5. The number of rotatable bonds is 3. The van der Waals surface area contributed by atoms with Gasteiger partial charge in [-0.15, -0.1) is 0 Å². The van der Waals surface area contributed by atoms with Crippen molar-refractivity contribution in [2.75, 3.05) is 0 Å². The Balaban J connectivity index is 2.66. The molecule has 1 aliphatic carbocycles. The van der Waals surface area contributed by atoms with Crippen LogP contribution in [0.25, 0.3) is 0 Å². The standard InChI is InChI=1S/C15H30/c1-11(2)14-7-9-15(10-8-14,12(3)4)13(5)6/h11-14H,7-10H2,1-6H3. The van der Waals surface area contributed by atoms with Gasteiger partial charge in [0.05, 0.1) is 0 Å². The van der Waals surface area contributed by atoms with E-state index in [4.69, 9.17) is 0 Å². The van der Waals surface area contributed by atoms with Crippen molar-refractivity contribution in [3.63, 3.8) is 0 Å². The highest BCUT2D eigenvalue weighted by Gasteiger charge is 2.40. The molecule has 0 nitrogen and oxygen atoms in total. The van der Waals surface area contributed by atoms with Crippen LogP contribution in [0.4, 0.5) is 0 Å². The highest BCUT2D eigenvalue weighted by atomic mass is 14.5. The topological polar surface area (TPSA) is 0 Å². The van der Waals surface area contributed by atoms with E-state index in [1.54, 1.807) is 0 Å². The predicted molar refractivity (Wildman–Crippen MR) is 68.9 cm³/mol. The molecule has 0 heteroatoms. The second-order valence-electron chi connectivity index (χ2n) is 6.62. The average Bonchev–Trinajstić information content (AvgIpc) is 2.17. The summed E-state index contributed by atoms with van der Waals surface area (Å²) in [6.07, 6.45) is 5.86. The van der Waals surface area contributed by atoms with Crippen molar-refractivity contribution in [1.82, 2.24) is 0 Å². The van der Waals surface area contributed by atoms with Gasteiger partial charge < -0.3 is 0 Å². The fourth-order valence-electron chi connectivity index (χ4n) is 3.67. The van der Waals surface area contributed by atoms with Crippen molar-refractivity contribution in [3.8, 4) is 0 Å². The molecule has 0 unspecified atom stereocenters. The molecule has 1 rings (SSSR count). The first-order chi connectivity index (χ1) is 6.90. The van der Waals surface area contributed by atoms with E-state index >= 15 is 0 Å². The lowest BCUT2D eigenvalue weighted by Gasteiger charge is -2.47. The minimum atomic E-state index is 0.644. The molecule has 0 N–H and O–H groups in total. The van der Waals surface area contributed by atoms with Gasteiger partial charge in [-0.2, -0.15) is 0 Å². The predicted octanol–water partition coefficient (Wildman–Crippen LogP) is 5.13. The van der Waals surface area contributed by atoms with Crippen LogP contribution in [0.15, 0.2) is 0 Å². The van der Waals surface area contributed by atoms with E-state index in [2.05, 4.69) is 41.5 Å². The zero-order valence-corrected chi connectivity index (χ0v) is 11.6. The Bertz CT molecular complexity index is 170. The van der Waals surface area contributed by atoms with E-state index in [0.29, 0.717) is 5.41 Å². The van der Waals surface area contributed by atoms with Crippen molar-refractivity contribution >= 4 is 0 Å². The summed E-state index contributed by atoms with van der Waals surface area (Å²) in [5.41, 5.74) is 0.644. The molecule has 0 atom stereocenters. The molecule has 90 valence electrons. The SMILES string of the molecule is CC(C)C1CCC(C(C)C)(C(C)C)CC1. The summed E-state index contributed by atoms with van der Waals surface area (Å²) in [4.78, 5) is 0. The first kappa shape index (κ1) is 13.1. The van der Waals surface area contributed by atoms with Crippen molar-refractivity contribution in [3.05, 3.63) is 0 Å². The lowest BCUT2D eigenvalue weighted by atomic mass is 9.58. The van der Waals surface area contributed by atoms with Crippen LogP contribution in [0, 0.1) is 29.1 Å². The Hall–Kier alpha value is 0. The first-order valence-electron chi connectivity index (χ1n) is 6.90. The monoisotopic (exact) mass is 210 g/mol. The van der Waals surface area contributed by atoms with Gasteiger partial charge in [-0.25, -0.2) is 0 Å².